The SMILES string of the molecule is CC(O)CCN1C(=O)NC2(C1=O)C(C)CCCC2C. The average molecular weight is 268 g/mol. The van der Waals surface area contributed by atoms with Gasteiger partial charge in [0.1, 0.15) is 5.54 Å². The van der Waals surface area contributed by atoms with Gasteiger partial charge < -0.3 is 10.4 Å². The van der Waals surface area contributed by atoms with Crippen LogP contribution < -0.4 is 5.32 Å². The van der Waals surface area contributed by atoms with Gasteiger partial charge in [0.15, 0.2) is 0 Å². The third kappa shape index (κ3) is 2.24. The highest BCUT2D eigenvalue weighted by molar-refractivity contribution is 6.07. The van der Waals surface area contributed by atoms with Crippen molar-refractivity contribution in [2.45, 2.75) is 58.1 Å². The maximum Gasteiger partial charge on any atom is 0.325 e. The van der Waals surface area contributed by atoms with Gasteiger partial charge in [-0.2, -0.15) is 0 Å². The van der Waals surface area contributed by atoms with Gasteiger partial charge in [0.2, 0.25) is 0 Å². The molecule has 2 rings (SSSR count). The van der Waals surface area contributed by atoms with Gasteiger partial charge >= 0.3 is 6.03 Å². The molecule has 1 saturated carbocycles. The number of aliphatic hydroxyl groups excluding tert-OH is 1. The van der Waals surface area contributed by atoms with Crippen molar-refractivity contribution in [3.05, 3.63) is 0 Å². The van der Waals surface area contributed by atoms with E-state index >= 15 is 0 Å². The van der Waals surface area contributed by atoms with Crippen LogP contribution in [-0.2, 0) is 4.79 Å². The van der Waals surface area contributed by atoms with Crippen molar-refractivity contribution in [1.29, 1.82) is 0 Å². The smallest absolute Gasteiger partial charge is 0.325 e. The lowest BCUT2D eigenvalue weighted by Gasteiger charge is -2.42. The molecule has 19 heavy (non-hydrogen) atoms. The number of hydrogen-bond acceptors (Lipinski definition) is 3. The Morgan fingerprint density at radius 3 is 2.47 bits per heavy atom. The van der Waals surface area contributed by atoms with E-state index in [-0.39, 0.29) is 23.8 Å². The summed E-state index contributed by atoms with van der Waals surface area (Å²) in [6.45, 7) is 6.06. The molecule has 5 nitrogen and oxygen atoms in total. The minimum atomic E-state index is -0.714. The zero-order chi connectivity index (χ0) is 14.2. The van der Waals surface area contributed by atoms with E-state index in [1.807, 2.05) is 13.8 Å². The summed E-state index contributed by atoms with van der Waals surface area (Å²) in [7, 11) is 0. The Hall–Kier alpha value is -1.10. The molecule has 3 amide bonds. The van der Waals surface area contributed by atoms with Gasteiger partial charge in [-0.15, -0.1) is 0 Å². The van der Waals surface area contributed by atoms with Crippen molar-refractivity contribution in [3.8, 4) is 0 Å². The van der Waals surface area contributed by atoms with Crippen molar-refractivity contribution in [2.75, 3.05) is 6.54 Å². The van der Waals surface area contributed by atoms with Gasteiger partial charge in [-0.05, 0) is 38.0 Å². The number of amides is 3. The van der Waals surface area contributed by atoms with Crippen LogP contribution in [0.25, 0.3) is 0 Å². The van der Waals surface area contributed by atoms with Gasteiger partial charge in [-0.3, -0.25) is 9.69 Å². The quantitative estimate of drug-likeness (QED) is 0.762. The lowest BCUT2D eigenvalue weighted by atomic mass is 9.67. The average Bonchev–Trinajstić information content (AvgIpc) is 2.57. The van der Waals surface area contributed by atoms with E-state index in [0.29, 0.717) is 13.0 Å². The first-order valence-electron chi connectivity index (χ1n) is 7.21. The van der Waals surface area contributed by atoms with Gasteiger partial charge in [0, 0.05) is 6.54 Å². The molecule has 2 N–H and O–H groups in total. The summed E-state index contributed by atoms with van der Waals surface area (Å²) in [6.07, 6.45) is 2.98. The molecule has 0 radical (unpaired) electrons. The van der Waals surface area contributed by atoms with Crippen molar-refractivity contribution < 1.29 is 14.7 Å². The molecule has 1 aliphatic carbocycles. The van der Waals surface area contributed by atoms with Crippen molar-refractivity contribution in [3.63, 3.8) is 0 Å². The predicted molar refractivity (Wildman–Crippen MR) is 71.5 cm³/mol. The van der Waals surface area contributed by atoms with E-state index in [1.54, 1.807) is 6.92 Å². The fourth-order valence-corrected chi connectivity index (χ4v) is 3.47. The van der Waals surface area contributed by atoms with Crippen LogP contribution in [0.4, 0.5) is 4.79 Å². The first-order chi connectivity index (χ1) is 8.89. The van der Waals surface area contributed by atoms with Crippen LogP contribution in [0.3, 0.4) is 0 Å². The second kappa shape index (κ2) is 5.12. The summed E-state index contributed by atoms with van der Waals surface area (Å²) in [5.74, 6) is 0.242. The fourth-order valence-electron chi connectivity index (χ4n) is 3.47. The van der Waals surface area contributed by atoms with Crippen LogP contribution in [0.5, 0.6) is 0 Å². The first kappa shape index (κ1) is 14.3. The van der Waals surface area contributed by atoms with Crippen LogP contribution in [0.15, 0.2) is 0 Å². The lowest BCUT2D eigenvalue weighted by molar-refractivity contribution is -0.136. The maximum absolute atomic E-state index is 12.7. The summed E-state index contributed by atoms with van der Waals surface area (Å²) in [6, 6.07) is -0.300. The highest BCUT2D eigenvalue weighted by atomic mass is 16.3. The Kier molecular flexibility index (Phi) is 3.85. The van der Waals surface area contributed by atoms with Gasteiger partial charge in [0.05, 0.1) is 6.10 Å². The van der Waals surface area contributed by atoms with E-state index in [1.165, 1.54) is 4.90 Å². The molecule has 2 fully saturated rings. The largest absolute Gasteiger partial charge is 0.393 e. The zero-order valence-corrected chi connectivity index (χ0v) is 12.0. The number of urea groups is 1. The normalized spacial score (nSPS) is 36.7. The Morgan fingerprint density at radius 1 is 1.37 bits per heavy atom. The number of carbonyl (C=O) groups excluding carboxylic acids is 2. The van der Waals surface area contributed by atoms with Gasteiger partial charge in [-0.25, -0.2) is 4.79 Å². The number of nitrogens with zero attached hydrogens (tertiary/aromatic N) is 1. The van der Waals surface area contributed by atoms with Crippen molar-refractivity contribution in [2.24, 2.45) is 11.8 Å². The number of aliphatic hydroxyl groups is 1. The molecular formula is C14H24N2O3. The van der Waals surface area contributed by atoms with Gasteiger partial charge in [0.25, 0.3) is 5.91 Å². The standard InChI is InChI=1S/C14H24N2O3/c1-9-5-4-6-10(2)14(9)12(18)16(13(19)15-14)8-7-11(3)17/h9-11,17H,4-8H2,1-3H3,(H,15,19). The van der Waals surface area contributed by atoms with Crippen molar-refractivity contribution in [1.82, 2.24) is 10.2 Å². The highest BCUT2D eigenvalue weighted by Gasteiger charge is 2.58. The second-order valence-corrected chi connectivity index (χ2v) is 6.13. The van der Waals surface area contributed by atoms with Crippen molar-refractivity contribution >= 4 is 11.9 Å². The van der Waals surface area contributed by atoms with E-state index in [2.05, 4.69) is 5.32 Å². The molecule has 5 heteroatoms. The lowest BCUT2D eigenvalue weighted by Crippen LogP contribution is -2.58. The van der Waals surface area contributed by atoms with E-state index in [0.717, 1.165) is 19.3 Å². The predicted octanol–water partition coefficient (Wildman–Crippen LogP) is 1.50. The maximum atomic E-state index is 12.7. The van der Waals surface area contributed by atoms with E-state index in [9.17, 15) is 14.7 Å². The minimum absolute atomic E-state index is 0.0992. The highest BCUT2D eigenvalue weighted by Crippen LogP contribution is 2.42. The first-order valence-corrected chi connectivity index (χ1v) is 7.21. The number of hydrogen-bond donors (Lipinski definition) is 2. The van der Waals surface area contributed by atoms with E-state index in [4.69, 9.17) is 0 Å². The molecule has 3 unspecified atom stereocenters. The summed E-state index contributed by atoms with van der Waals surface area (Å²) in [5, 5.41) is 12.3. The molecule has 2 aliphatic rings. The minimum Gasteiger partial charge on any atom is -0.393 e. The fraction of sp³-hybridized carbons (Fsp3) is 0.857. The zero-order valence-electron chi connectivity index (χ0n) is 12.0. The Morgan fingerprint density at radius 2 is 1.95 bits per heavy atom. The number of carbonyl (C=O) groups is 2. The summed E-state index contributed by atoms with van der Waals surface area (Å²) >= 11 is 0. The molecule has 3 atom stereocenters. The molecule has 0 aromatic rings. The third-order valence-corrected chi connectivity index (χ3v) is 4.76. The topological polar surface area (TPSA) is 69.6 Å². The molecule has 0 aromatic carbocycles. The second-order valence-electron chi connectivity index (χ2n) is 6.13. The number of nitrogens with one attached hydrogen (secondary N) is 1. The summed E-state index contributed by atoms with van der Waals surface area (Å²) in [4.78, 5) is 26.0. The molecular weight excluding hydrogens is 244 g/mol. The van der Waals surface area contributed by atoms with Crippen LogP contribution in [-0.4, -0.2) is 40.1 Å². The molecule has 1 aliphatic heterocycles. The molecule has 1 heterocycles. The third-order valence-electron chi connectivity index (χ3n) is 4.76. The monoisotopic (exact) mass is 268 g/mol. The van der Waals surface area contributed by atoms with E-state index < -0.39 is 11.6 Å². The molecule has 1 spiro atoms. The number of imide groups is 1. The molecule has 0 bridgehead atoms. The molecule has 1 saturated heterocycles. The van der Waals surface area contributed by atoms with Crippen LogP contribution >= 0.6 is 0 Å². The Bertz CT molecular complexity index is 371. The van der Waals surface area contributed by atoms with Crippen LogP contribution in [0.1, 0.15) is 46.5 Å². The number of rotatable bonds is 3. The summed E-state index contributed by atoms with van der Waals surface area (Å²) < 4.78 is 0. The summed E-state index contributed by atoms with van der Waals surface area (Å²) in [5.41, 5.74) is -0.714. The van der Waals surface area contributed by atoms with Gasteiger partial charge in [-0.1, -0.05) is 20.3 Å². The van der Waals surface area contributed by atoms with Crippen LogP contribution in [0, 0.1) is 11.8 Å². The van der Waals surface area contributed by atoms with Crippen LogP contribution in [0.2, 0.25) is 0 Å². The molecule has 108 valence electrons. The molecule has 0 aromatic heterocycles. The Balaban J connectivity index is 2.20. The Labute approximate surface area is 114 Å².